The monoisotopic (exact) mass is 385 g/mol. The minimum Gasteiger partial charge on any atom is -0.348 e. The number of nitriles is 1. The summed E-state index contributed by atoms with van der Waals surface area (Å²) in [7, 11) is 0. The lowest BCUT2D eigenvalue weighted by Gasteiger charge is -2.16. The van der Waals surface area contributed by atoms with E-state index in [4.69, 9.17) is 0 Å². The van der Waals surface area contributed by atoms with Gasteiger partial charge in [-0.2, -0.15) is 5.26 Å². The summed E-state index contributed by atoms with van der Waals surface area (Å²) in [4.78, 5) is 13.0. The van der Waals surface area contributed by atoms with Crippen LogP contribution in [0.3, 0.4) is 0 Å². The first-order valence-electron chi connectivity index (χ1n) is 10.1. The van der Waals surface area contributed by atoms with Gasteiger partial charge in [-0.25, -0.2) is 0 Å². The largest absolute Gasteiger partial charge is 0.348 e. The van der Waals surface area contributed by atoms with Gasteiger partial charge in [0.1, 0.15) is 11.8 Å². The molecule has 3 rings (SSSR count). The number of hydrogen-bond donors (Lipinski definition) is 1. The predicted molar refractivity (Wildman–Crippen MR) is 116 cm³/mol. The average molecular weight is 386 g/mol. The Kier molecular flexibility index (Phi) is 6.51. The SMILES string of the molecule is CC(C)c1ccc(-n2ccc(C#N)c2C(=O)N[C@H](C)CCc2ccccc2)cc1. The van der Waals surface area contributed by atoms with E-state index in [9.17, 15) is 10.1 Å². The number of aryl methyl sites for hydroxylation is 1. The van der Waals surface area contributed by atoms with Crippen LogP contribution in [0.5, 0.6) is 0 Å². The summed E-state index contributed by atoms with van der Waals surface area (Å²) >= 11 is 0. The number of carbonyl (C=O) groups is 1. The summed E-state index contributed by atoms with van der Waals surface area (Å²) in [6, 6.07) is 22.2. The third-order valence-corrected chi connectivity index (χ3v) is 5.15. The Hall–Kier alpha value is -3.32. The summed E-state index contributed by atoms with van der Waals surface area (Å²) in [6.45, 7) is 6.29. The van der Waals surface area contributed by atoms with Crippen molar-refractivity contribution in [3.63, 3.8) is 0 Å². The predicted octanol–water partition coefficient (Wildman–Crippen LogP) is 5.22. The number of nitrogens with one attached hydrogen (secondary N) is 1. The number of carbonyl (C=O) groups excluding carboxylic acids is 1. The minimum absolute atomic E-state index is 0.000848. The summed E-state index contributed by atoms with van der Waals surface area (Å²) in [6.07, 6.45) is 3.51. The molecule has 0 saturated carbocycles. The number of nitrogens with zero attached hydrogens (tertiary/aromatic N) is 2. The van der Waals surface area contributed by atoms with Gasteiger partial charge >= 0.3 is 0 Å². The number of rotatable bonds is 7. The van der Waals surface area contributed by atoms with Gasteiger partial charge in [0.2, 0.25) is 0 Å². The lowest BCUT2D eigenvalue weighted by molar-refractivity contribution is 0.0931. The number of hydrogen-bond acceptors (Lipinski definition) is 2. The third-order valence-electron chi connectivity index (χ3n) is 5.15. The van der Waals surface area contributed by atoms with Gasteiger partial charge in [-0.15, -0.1) is 0 Å². The highest BCUT2D eigenvalue weighted by Crippen LogP contribution is 2.21. The topological polar surface area (TPSA) is 57.8 Å². The zero-order chi connectivity index (χ0) is 20.8. The summed E-state index contributed by atoms with van der Waals surface area (Å²) in [5.74, 6) is 0.219. The quantitative estimate of drug-likeness (QED) is 0.606. The molecule has 0 fully saturated rings. The Balaban J connectivity index is 1.76. The first kappa shape index (κ1) is 20.4. The van der Waals surface area contributed by atoms with E-state index in [1.54, 1.807) is 16.8 Å². The van der Waals surface area contributed by atoms with Crippen molar-refractivity contribution in [2.75, 3.05) is 0 Å². The van der Waals surface area contributed by atoms with Gasteiger partial charge in [0.05, 0.1) is 5.56 Å². The van der Waals surface area contributed by atoms with Crippen LogP contribution in [0.15, 0.2) is 66.9 Å². The van der Waals surface area contributed by atoms with Crippen LogP contribution in [0.4, 0.5) is 0 Å². The fourth-order valence-corrected chi connectivity index (χ4v) is 3.38. The standard InChI is InChI=1S/C25H27N3O/c1-18(2)21-11-13-23(14-12-21)28-16-15-22(17-26)24(28)25(29)27-19(3)9-10-20-7-5-4-6-8-20/h4-8,11-16,18-19H,9-10H2,1-3H3,(H,27,29)/t19-/m1/s1. The fraction of sp³-hybridized carbons (Fsp3) is 0.280. The molecule has 4 nitrogen and oxygen atoms in total. The molecule has 1 N–H and O–H groups in total. The Labute approximate surface area is 172 Å². The van der Waals surface area contributed by atoms with Crippen LogP contribution in [0.2, 0.25) is 0 Å². The Morgan fingerprint density at radius 1 is 1.03 bits per heavy atom. The van der Waals surface area contributed by atoms with Gasteiger partial charge in [-0.1, -0.05) is 56.3 Å². The molecule has 1 amide bonds. The van der Waals surface area contributed by atoms with Crippen molar-refractivity contribution < 1.29 is 4.79 Å². The van der Waals surface area contributed by atoms with Crippen molar-refractivity contribution in [2.45, 2.75) is 45.6 Å². The highest BCUT2D eigenvalue weighted by atomic mass is 16.2. The normalized spacial score (nSPS) is 11.8. The van der Waals surface area contributed by atoms with Crippen LogP contribution in [0.1, 0.15) is 60.3 Å². The summed E-state index contributed by atoms with van der Waals surface area (Å²) in [5.41, 5.74) is 4.13. The number of amides is 1. The Morgan fingerprint density at radius 2 is 1.72 bits per heavy atom. The van der Waals surface area contributed by atoms with Crippen LogP contribution in [-0.4, -0.2) is 16.5 Å². The molecule has 1 atom stereocenters. The van der Waals surface area contributed by atoms with Crippen LogP contribution in [0, 0.1) is 11.3 Å². The highest BCUT2D eigenvalue weighted by Gasteiger charge is 2.20. The van der Waals surface area contributed by atoms with Crippen LogP contribution < -0.4 is 5.32 Å². The molecule has 0 spiro atoms. The summed E-state index contributed by atoms with van der Waals surface area (Å²) < 4.78 is 1.79. The molecule has 0 saturated heterocycles. The van der Waals surface area contributed by atoms with Crippen molar-refractivity contribution in [1.82, 2.24) is 9.88 Å². The van der Waals surface area contributed by atoms with Gasteiger partial charge < -0.3 is 9.88 Å². The van der Waals surface area contributed by atoms with E-state index in [0.717, 1.165) is 18.5 Å². The Bertz CT molecular complexity index is 995. The molecule has 4 heteroatoms. The van der Waals surface area contributed by atoms with Gasteiger partial charge in [-0.3, -0.25) is 4.79 Å². The lowest BCUT2D eigenvalue weighted by atomic mass is 10.0. The molecule has 0 radical (unpaired) electrons. The molecule has 0 bridgehead atoms. The molecule has 29 heavy (non-hydrogen) atoms. The lowest BCUT2D eigenvalue weighted by Crippen LogP contribution is -2.34. The molecule has 1 aromatic heterocycles. The van der Waals surface area contributed by atoms with E-state index >= 15 is 0 Å². The van der Waals surface area contributed by atoms with Crippen LogP contribution in [-0.2, 0) is 6.42 Å². The van der Waals surface area contributed by atoms with Crippen molar-refractivity contribution in [3.05, 3.63) is 89.2 Å². The maximum absolute atomic E-state index is 13.0. The maximum atomic E-state index is 13.0. The zero-order valence-corrected chi connectivity index (χ0v) is 17.2. The van der Waals surface area contributed by atoms with Crippen molar-refractivity contribution in [3.8, 4) is 11.8 Å². The molecule has 2 aromatic carbocycles. The highest BCUT2D eigenvalue weighted by molar-refractivity contribution is 5.96. The molecular formula is C25H27N3O. The molecule has 148 valence electrons. The van der Waals surface area contributed by atoms with Gasteiger partial charge in [0.15, 0.2) is 0 Å². The van der Waals surface area contributed by atoms with Gasteiger partial charge in [-0.05, 0) is 55.0 Å². The zero-order valence-electron chi connectivity index (χ0n) is 17.2. The van der Waals surface area contributed by atoms with Gasteiger partial charge in [0.25, 0.3) is 5.91 Å². The molecular weight excluding hydrogens is 358 g/mol. The van der Waals surface area contributed by atoms with Crippen LogP contribution >= 0.6 is 0 Å². The third kappa shape index (κ3) is 4.94. The van der Waals surface area contributed by atoms with E-state index < -0.39 is 0 Å². The maximum Gasteiger partial charge on any atom is 0.269 e. The molecule has 1 heterocycles. The van der Waals surface area contributed by atoms with Crippen LogP contribution in [0.25, 0.3) is 5.69 Å². The van der Waals surface area contributed by atoms with Crippen molar-refractivity contribution in [2.24, 2.45) is 0 Å². The number of aromatic nitrogens is 1. The fourth-order valence-electron chi connectivity index (χ4n) is 3.38. The van der Waals surface area contributed by atoms with Crippen molar-refractivity contribution >= 4 is 5.91 Å². The van der Waals surface area contributed by atoms with E-state index in [1.807, 2.05) is 37.3 Å². The second-order valence-corrected chi connectivity index (χ2v) is 7.70. The second-order valence-electron chi connectivity index (χ2n) is 7.70. The van der Waals surface area contributed by atoms with E-state index in [2.05, 4.69) is 49.5 Å². The Morgan fingerprint density at radius 3 is 2.34 bits per heavy atom. The van der Waals surface area contributed by atoms with E-state index in [-0.39, 0.29) is 11.9 Å². The molecule has 0 aliphatic carbocycles. The first-order chi connectivity index (χ1) is 14.0. The average Bonchev–Trinajstić information content (AvgIpc) is 3.17. The molecule has 0 aliphatic heterocycles. The molecule has 3 aromatic rings. The van der Waals surface area contributed by atoms with Gasteiger partial charge in [0, 0.05) is 17.9 Å². The molecule has 0 unspecified atom stereocenters. The first-order valence-corrected chi connectivity index (χ1v) is 10.1. The smallest absolute Gasteiger partial charge is 0.269 e. The minimum atomic E-state index is -0.222. The summed E-state index contributed by atoms with van der Waals surface area (Å²) in [5, 5.41) is 12.5. The van der Waals surface area contributed by atoms with Crippen molar-refractivity contribution in [1.29, 1.82) is 5.26 Å². The molecule has 0 aliphatic rings. The number of benzene rings is 2. The second kappa shape index (κ2) is 9.25. The van der Waals surface area contributed by atoms with E-state index in [1.165, 1.54) is 11.1 Å². The van der Waals surface area contributed by atoms with E-state index in [0.29, 0.717) is 17.2 Å².